The zero-order chi connectivity index (χ0) is 8.67. The number of hydrogen-bond acceptors (Lipinski definition) is 0. The molecule has 1 fully saturated rings. The van der Waals surface area contributed by atoms with Crippen molar-refractivity contribution in [2.75, 3.05) is 0 Å². The van der Waals surface area contributed by atoms with Crippen LogP contribution in [0.4, 0.5) is 0 Å². The summed E-state index contributed by atoms with van der Waals surface area (Å²) in [6.45, 7) is 0. The lowest BCUT2D eigenvalue weighted by Crippen LogP contribution is -2.24. The summed E-state index contributed by atoms with van der Waals surface area (Å²) in [6, 6.07) is 0. The molecule has 0 aromatic carbocycles. The molecule has 0 radical (unpaired) electrons. The smallest absolute Gasteiger partial charge is 0.0131 e. The maximum absolute atomic E-state index is 2.49. The second-order valence-corrected chi connectivity index (χ2v) is 4.86. The minimum atomic E-state index is 0.945. The lowest BCUT2D eigenvalue weighted by molar-refractivity contribution is 0.297. The van der Waals surface area contributed by atoms with Crippen LogP contribution in [0.3, 0.4) is 0 Å². The Labute approximate surface area is 80.7 Å². The highest BCUT2D eigenvalue weighted by atomic mass is 14.4. The van der Waals surface area contributed by atoms with Crippen LogP contribution < -0.4 is 0 Å². The molecular weight excluding hydrogens is 156 g/mol. The predicted octanol–water partition coefficient (Wildman–Crippen LogP) is 3.70. The van der Waals surface area contributed by atoms with Gasteiger partial charge in [0.25, 0.3) is 0 Å². The molecule has 70 valence electrons. The standard InChI is InChI=1S/C13H18/c1-2-6-12-10(4-1)8-9-11-5-3-7-13(11)12/h4,8-9,11-13H,1-3,5-7H2. The van der Waals surface area contributed by atoms with Gasteiger partial charge >= 0.3 is 0 Å². The van der Waals surface area contributed by atoms with Crippen LogP contribution in [0.25, 0.3) is 0 Å². The fourth-order valence-electron chi connectivity index (χ4n) is 3.57. The Hall–Kier alpha value is -0.520. The van der Waals surface area contributed by atoms with Crippen LogP contribution >= 0.6 is 0 Å². The summed E-state index contributed by atoms with van der Waals surface area (Å²) in [4.78, 5) is 0. The molecule has 0 spiro atoms. The summed E-state index contributed by atoms with van der Waals surface area (Å²) in [5.41, 5.74) is 1.68. The Bertz CT molecular complexity index is 259. The minimum absolute atomic E-state index is 0.945. The minimum Gasteiger partial charge on any atom is -0.0810 e. The van der Waals surface area contributed by atoms with E-state index in [-0.39, 0.29) is 0 Å². The van der Waals surface area contributed by atoms with Crippen LogP contribution in [0, 0.1) is 17.8 Å². The van der Waals surface area contributed by atoms with Crippen LogP contribution in [0.5, 0.6) is 0 Å². The SMILES string of the molecule is C1=CC2CCCC2C2CCCC=C12. The molecule has 0 aliphatic heterocycles. The topological polar surface area (TPSA) is 0 Å². The Morgan fingerprint density at radius 2 is 2.08 bits per heavy atom. The lowest BCUT2D eigenvalue weighted by Gasteiger charge is -2.34. The molecule has 1 saturated carbocycles. The molecule has 3 atom stereocenters. The molecule has 0 bridgehead atoms. The van der Waals surface area contributed by atoms with Crippen molar-refractivity contribution in [2.45, 2.75) is 38.5 Å². The van der Waals surface area contributed by atoms with Gasteiger partial charge in [0.05, 0.1) is 0 Å². The number of hydrogen-bond donors (Lipinski definition) is 0. The summed E-state index contributed by atoms with van der Waals surface area (Å²) >= 11 is 0. The molecule has 0 aromatic heterocycles. The van der Waals surface area contributed by atoms with Crippen molar-refractivity contribution < 1.29 is 0 Å². The molecule has 0 aromatic rings. The van der Waals surface area contributed by atoms with Crippen molar-refractivity contribution in [1.29, 1.82) is 0 Å². The summed E-state index contributed by atoms with van der Waals surface area (Å²) in [7, 11) is 0. The number of allylic oxidation sites excluding steroid dienone is 4. The lowest BCUT2D eigenvalue weighted by atomic mass is 9.71. The molecule has 3 aliphatic rings. The molecule has 0 amide bonds. The van der Waals surface area contributed by atoms with Gasteiger partial charge < -0.3 is 0 Å². The third-order valence-electron chi connectivity index (χ3n) is 4.20. The monoisotopic (exact) mass is 174 g/mol. The van der Waals surface area contributed by atoms with Crippen molar-refractivity contribution in [1.82, 2.24) is 0 Å². The molecule has 0 saturated heterocycles. The second-order valence-electron chi connectivity index (χ2n) is 4.86. The Kier molecular flexibility index (Phi) is 1.81. The molecule has 3 aliphatic carbocycles. The van der Waals surface area contributed by atoms with Gasteiger partial charge in [-0.2, -0.15) is 0 Å². The fourth-order valence-corrected chi connectivity index (χ4v) is 3.57. The van der Waals surface area contributed by atoms with E-state index in [1.165, 1.54) is 38.5 Å². The molecule has 0 heteroatoms. The fraction of sp³-hybridized carbons (Fsp3) is 0.692. The van der Waals surface area contributed by atoms with E-state index in [1.54, 1.807) is 5.57 Å². The van der Waals surface area contributed by atoms with Gasteiger partial charge in [0, 0.05) is 0 Å². The highest BCUT2D eigenvalue weighted by molar-refractivity contribution is 5.29. The first-order chi connectivity index (χ1) is 6.45. The summed E-state index contributed by atoms with van der Waals surface area (Å²) in [5.74, 6) is 2.92. The second kappa shape index (κ2) is 3.01. The van der Waals surface area contributed by atoms with E-state index in [0.29, 0.717) is 0 Å². The van der Waals surface area contributed by atoms with E-state index >= 15 is 0 Å². The van der Waals surface area contributed by atoms with E-state index in [2.05, 4.69) is 18.2 Å². The van der Waals surface area contributed by atoms with Gasteiger partial charge in [-0.3, -0.25) is 0 Å². The van der Waals surface area contributed by atoms with E-state index in [0.717, 1.165) is 17.8 Å². The van der Waals surface area contributed by atoms with Crippen LogP contribution in [-0.4, -0.2) is 0 Å². The third-order valence-corrected chi connectivity index (χ3v) is 4.20. The zero-order valence-electron chi connectivity index (χ0n) is 8.21. The first-order valence-electron chi connectivity index (χ1n) is 5.83. The van der Waals surface area contributed by atoms with Crippen molar-refractivity contribution in [3.05, 3.63) is 23.8 Å². The van der Waals surface area contributed by atoms with E-state index in [1.807, 2.05) is 0 Å². The Morgan fingerprint density at radius 3 is 3.08 bits per heavy atom. The van der Waals surface area contributed by atoms with Crippen LogP contribution in [-0.2, 0) is 0 Å². The molecule has 13 heavy (non-hydrogen) atoms. The highest BCUT2D eigenvalue weighted by Gasteiger charge is 2.36. The highest BCUT2D eigenvalue weighted by Crippen LogP contribution is 2.47. The zero-order valence-corrected chi connectivity index (χ0v) is 8.21. The van der Waals surface area contributed by atoms with E-state index in [9.17, 15) is 0 Å². The first kappa shape index (κ1) is 7.84. The van der Waals surface area contributed by atoms with Crippen molar-refractivity contribution in [3.8, 4) is 0 Å². The molecular formula is C13H18. The molecule has 0 heterocycles. The Balaban J connectivity index is 1.94. The summed E-state index contributed by atoms with van der Waals surface area (Å²) in [5, 5.41) is 0. The maximum atomic E-state index is 2.49. The van der Waals surface area contributed by atoms with Crippen molar-refractivity contribution >= 4 is 0 Å². The first-order valence-corrected chi connectivity index (χ1v) is 5.83. The maximum Gasteiger partial charge on any atom is -0.0131 e. The number of fused-ring (bicyclic) bond motifs is 3. The van der Waals surface area contributed by atoms with Crippen molar-refractivity contribution in [3.63, 3.8) is 0 Å². The largest absolute Gasteiger partial charge is 0.0810 e. The van der Waals surface area contributed by atoms with Crippen LogP contribution in [0.1, 0.15) is 38.5 Å². The summed E-state index contributed by atoms with van der Waals surface area (Å²) < 4.78 is 0. The average Bonchev–Trinajstić information content (AvgIpc) is 2.65. The van der Waals surface area contributed by atoms with Gasteiger partial charge in [-0.05, 0) is 55.4 Å². The molecule has 0 nitrogen and oxygen atoms in total. The van der Waals surface area contributed by atoms with Gasteiger partial charge in [0.15, 0.2) is 0 Å². The van der Waals surface area contributed by atoms with Crippen molar-refractivity contribution in [2.24, 2.45) is 17.8 Å². The van der Waals surface area contributed by atoms with Gasteiger partial charge in [0.1, 0.15) is 0 Å². The Morgan fingerprint density at radius 1 is 1.08 bits per heavy atom. The quantitative estimate of drug-likeness (QED) is 0.525. The molecule has 3 unspecified atom stereocenters. The van der Waals surface area contributed by atoms with Gasteiger partial charge in [-0.1, -0.05) is 24.6 Å². The normalized spacial score (nSPS) is 42.5. The molecule has 3 rings (SSSR count). The van der Waals surface area contributed by atoms with Gasteiger partial charge in [0.2, 0.25) is 0 Å². The number of rotatable bonds is 0. The third kappa shape index (κ3) is 1.19. The van der Waals surface area contributed by atoms with E-state index in [4.69, 9.17) is 0 Å². The predicted molar refractivity (Wildman–Crippen MR) is 55.4 cm³/mol. The molecule has 0 N–H and O–H groups in total. The van der Waals surface area contributed by atoms with Crippen LogP contribution in [0.15, 0.2) is 23.8 Å². The van der Waals surface area contributed by atoms with Gasteiger partial charge in [-0.15, -0.1) is 0 Å². The van der Waals surface area contributed by atoms with Gasteiger partial charge in [-0.25, -0.2) is 0 Å². The summed E-state index contributed by atoms with van der Waals surface area (Å²) in [6.07, 6.45) is 16.1. The van der Waals surface area contributed by atoms with Crippen LogP contribution in [0.2, 0.25) is 0 Å². The van der Waals surface area contributed by atoms with E-state index < -0.39 is 0 Å². The average molecular weight is 174 g/mol.